The van der Waals surface area contributed by atoms with Gasteiger partial charge in [-0.05, 0) is 0 Å². The summed E-state index contributed by atoms with van der Waals surface area (Å²) in [6.07, 6.45) is -15.3. The lowest BCUT2D eigenvalue weighted by Gasteiger charge is -2.26. The summed E-state index contributed by atoms with van der Waals surface area (Å²) in [7, 11) is 0. The highest BCUT2D eigenvalue weighted by Gasteiger charge is 2.60. The maximum absolute atomic E-state index is 13.3. The Morgan fingerprint density at radius 3 is 1.96 bits per heavy atom. The van der Waals surface area contributed by atoms with Crippen molar-refractivity contribution in [3.05, 3.63) is 22.6 Å². The van der Waals surface area contributed by atoms with Crippen LogP contribution in [0.4, 0.5) is 39.5 Å². The fraction of sp³-hybridized carbons (Fsp3) is 0.700. The maximum atomic E-state index is 13.3. The predicted octanol–water partition coefficient (Wildman–Crippen LogP) is 3.61. The van der Waals surface area contributed by atoms with Crippen molar-refractivity contribution in [2.75, 3.05) is 6.61 Å². The van der Waals surface area contributed by atoms with E-state index in [-0.39, 0.29) is 0 Å². The lowest BCUT2D eigenvalue weighted by atomic mass is 10.2. The number of rotatable bonds is 7. The molecule has 0 aliphatic carbocycles. The number of halogens is 9. The van der Waals surface area contributed by atoms with E-state index in [1.807, 2.05) is 0 Å². The van der Waals surface area contributed by atoms with Gasteiger partial charge in [-0.1, -0.05) is 0 Å². The second-order valence-corrected chi connectivity index (χ2v) is 4.25. The second-order valence-electron chi connectivity index (χ2n) is 4.25. The summed E-state index contributed by atoms with van der Waals surface area (Å²) in [5.74, 6) is -12.9. The van der Waals surface area contributed by atoms with E-state index < -0.39 is 55.2 Å². The van der Waals surface area contributed by atoms with Gasteiger partial charge >= 0.3 is 30.0 Å². The van der Waals surface area contributed by atoms with Crippen molar-refractivity contribution >= 4 is 0 Å². The predicted molar refractivity (Wildman–Crippen MR) is 52.4 cm³/mol. The van der Waals surface area contributed by atoms with E-state index >= 15 is 0 Å². The van der Waals surface area contributed by atoms with Crippen molar-refractivity contribution in [2.24, 2.45) is 0 Å². The summed E-state index contributed by atoms with van der Waals surface area (Å²) in [4.78, 5) is 10.4. The first-order chi connectivity index (χ1) is 10.2. The number of alkyl halides is 9. The van der Waals surface area contributed by atoms with Crippen LogP contribution >= 0.6 is 0 Å². The third-order valence-corrected chi connectivity index (χ3v) is 2.44. The molecule has 0 unspecified atom stereocenters. The molecule has 0 fully saturated rings. The Bertz CT molecular complexity index is 571. The van der Waals surface area contributed by atoms with Gasteiger partial charge in [0.05, 0.1) is 13.0 Å². The van der Waals surface area contributed by atoms with Gasteiger partial charge in [-0.2, -0.15) is 39.5 Å². The molecule has 134 valence electrons. The molecule has 1 rings (SSSR count). The van der Waals surface area contributed by atoms with Crippen LogP contribution in [0.2, 0.25) is 0 Å². The minimum Gasteiger partial charge on any atom is -0.399 e. The second kappa shape index (κ2) is 6.09. The molecule has 0 atom stereocenters. The first-order valence-corrected chi connectivity index (χ1v) is 5.60. The highest BCUT2D eigenvalue weighted by atomic mass is 19.4. The molecular formula is C10H7F9O4. The average Bonchev–Trinajstić information content (AvgIpc) is 2.71. The number of ether oxygens (including phenoxy) is 1. The average molecular weight is 362 g/mol. The van der Waals surface area contributed by atoms with Crippen molar-refractivity contribution in [2.45, 2.75) is 37.0 Å². The van der Waals surface area contributed by atoms with E-state index in [4.69, 9.17) is 0 Å². The van der Waals surface area contributed by atoms with Crippen molar-refractivity contribution in [3.63, 3.8) is 0 Å². The third-order valence-electron chi connectivity index (χ3n) is 2.44. The first kappa shape index (κ1) is 19.4. The fourth-order valence-electron chi connectivity index (χ4n) is 1.22. The smallest absolute Gasteiger partial charge is 0.399 e. The van der Waals surface area contributed by atoms with E-state index in [1.165, 1.54) is 0 Å². The van der Waals surface area contributed by atoms with Gasteiger partial charge in [0.1, 0.15) is 6.26 Å². The molecule has 0 N–H and O–H groups in total. The van der Waals surface area contributed by atoms with Crippen molar-refractivity contribution in [1.82, 2.24) is 0 Å². The summed E-state index contributed by atoms with van der Waals surface area (Å²) < 4.78 is 124. The normalized spacial score (nSPS) is 14.3. The SMILES string of the molecule is O=c1occ(CC(F)(F)C(F)(F)OCCC(F)(F)C(F)(F)F)o1. The third kappa shape index (κ3) is 4.65. The molecule has 0 aliphatic heterocycles. The van der Waals surface area contributed by atoms with Crippen LogP contribution in [0.25, 0.3) is 0 Å². The minimum atomic E-state index is -6.03. The molecule has 13 heteroatoms. The molecule has 0 spiro atoms. The van der Waals surface area contributed by atoms with Crippen molar-refractivity contribution in [1.29, 1.82) is 0 Å². The molecule has 1 heterocycles. The molecule has 1 aromatic heterocycles. The molecule has 0 radical (unpaired) electrons. The van der Waals surface area contributed by atoms with E-state index in [0.29, 0.717) is 6.26 Å². The Morgan fingerprint density at radius 2 is 1.52 bits per heavy atom. The van der Waals surface area contributed by atoms with Crippen LogP contribution in [0.15, 0.2) is 19.9 Å². The summed E-state index contributed by atoms with van der Waals surface area (Å²) >= 11 is 0. The summed E-state index contributed by atoms with van der Waals surface area (Å²) in [5, 5.41) is 0. The van der Waals surface area contributed by atoms with Crippen LogP contribution in [0.3, 0.4) is 0 Å². The Balaban J connectivity index is 2.68. The highest BCUT2D eigenvalue weighted by molar-refractivity contribution is 4.94. The Hall–Kier alpha value is -1.66. The van der Waals surface area contributed by atoms with Crippen LogP contribution in [0.5, 0.6) is 0 Å². The van der Waals surface area contributed by atoms with Crippen LogP contribution < -0.4 is 5.82 Å². The summed E-state index contributed by atoms with van der Waals surface area (Å²) in [5.41, 5.74) is 0. The van der Waals surface area contributed by atoms with Crippen LogP contribution in [-0.2, 0) is 11.2 Å². The summed E-state index contributed by atoms with van der Waals surface area (Å²) in [6.45, 7) is -2.00. The molecule has 0 amide bonds. The van der Waals surface area contributed by atoms with Crippen molar-refractivity contribution in [3.8, 4) is 0 Å². The zero-order chi connectivity index (χ0) is 18.1. The molecular weight excluding hydrogens is 355 g/mol. The monoisotopic (exact) mass is 362 g/mol. The molecule has 4 nitrogen and oxygen atoms in total. The maximum Gasteiger partial charge on any atom is 0.518 e. The number of hydrogen-bond acceptors (Lipinski definition) is 4. The van der Waals surface area contributed by atoms with Gasteiger partial charge in [0.2, 0.25) is 0 Å². The number of hydrogen-bond donors (Lipinski definition) is 0. The van der Waals surface area contributed by atoms with Gasteiger partial charge in [-0.3, -0.25) is 0 Å². The summed E-state index contributed by atoms with van der Waals surface area (Å²) in [6, 6.07) is 0. The van der Waals surface area contributed by atoms with Crippen LogP contribution in [-0.4, -0.2) is 30.7 Å². The topological polar surface area (TPSA) is 52.6 Å². The molecule has 0 aliphatic rings. The fourth-order valence-corrected chi connectivity index (χ4v) is 1.22. The van der Waals surface area contributed by atoms with E-state index in [1.54, 1.807) is 0 Å². The highest BCUT2D eigenvalue weighted by Crippen LogP contribution is 2.41. The van der Waals surface area contributed by atoms with Gasteiger partial charge < -0.3 is 13.6 Å². The Labute approximate surface area is 120 Å². The molecule has 0 bridgehead atoms. The minimum absolute atomic E-state index is 0.310. The molecule has 1 aromatic rings. The van der Waals surface area contributed by atoms with E-state index in [2.05, 4.69) is 13.6 Å². The van der Waals surface area contributed by atoms with Gasteiger partial charge in [0.25, 0.3) is 0 Å². The van der Waals surface area contributed by atoms with Gasteiger partial charge in [0, 0.05) is 6.42 Å². The van der Waals surface area contributed by atoms with Crippen LogP contribution in [0, 0.1) is 0 Å². The quantitative estimate of drug-likeness (QED) is 0.696. The lowest BCUT2D eigenvalue weighted by molar-refractivity contribution is -0.355. The largest absolute Gasteiger partial charge is 0.518 e. The van der Waals surface area contributed by atoms with Gasteiger partial charge in [0.15, 0.2) is 5.76 Å². The van der Waals surface area contributed by atoms with Crippen molar-refractivity contribution < 1.29 is 53.1 Å². The molecule has 0 saturated carbocycles. The van der Waals surface area contributed by atoms with Crippen LogP contribution in [0.1, 0.15) is 12.2 Å². The first-order valence-electron chi connectivity index (χ1n) is 5.60. The van der Waals surface area contributed by atoms with Gasteiger partial charge in [-0.15, -0.1) is 0 Å². The lowest BCUT2D eigenvalue weighted by Crippen LogP contribution is -2.46. The zero-order valence-electron chi connectivity index (χ0n) is 10.7. The Kier molecular flexibility index (Phi) is 5.13. The standard InChI is InChI=1S/C10H7F9O4/c11-7(12,9(15,16)17)1-2-22-10(18,19)8(13,14)3-5-4-21-6(20)23-5/h4H,1-3H2. The molecule has 0 aromatic carbocycles. The van der Waals surface area contributed by atoms with E-state index in [9.17, 15) is 44.3 Å². The zero-order valence-corrected chi connectivity index (χ0v) is 10.7. The molecule has 23 heavy (non-hydrogen) atoms. The molecule has 0 saturated heterocycles. The van der Waals surface area contributed by atoms with Gasteiger partial charge in [-0.25, -0.2) is 4.79 Å². The van der Waals surface area contributed by atoms with E-state index in [0.717, 1.165) is 0 Å². The Morgan fingerprint density at radius 1 is 0.957 bits per heavy atom.